The summed E-state index contributed by atoms with van der Waals surface area (Å²) in [6.07, 6.45) is 19.3. The molecule has 1 atom stereocenters. The highest BCUT2D eigenvalue weighted by Crippen LogP contribution is 2.24. The predicted octanol–water partition coefficient (Wildman–Crippen LogP) is 11.3. The summed E-state index contributed by atoms with van der Waals surface area (Å²) in [4.78, 5) is 36.0. The van der Waals surface area contributed by atoms with Crippen molar-refractivity contribution in [2.24, 2.45) is 5.92 Å². The Labute approximate surface area is 305 Å². The van der Waals surface area contributed by atoms with Crippen LogP contribution in [0.15, 0.2) is 85.5 Å². The smallest absolute Gasteiger partial charge is 0.343 e. The first-order chi connectivity index (χ1) is 24.9. The number of esters is 3. The van der Waals surface area contributed by atoms with Crippen molar-refractivity contribution in [2.45, 2.75) is 110 Å². The van der Waals surface area contributed by atoms with E-state index in [-0.39, 0.29) is 11.9 Å². The molecular weight excluding hydrogens is 640 g/mol. The van der Waals surface area contributed by atoms with Gasteiger partial charge in [0.15, 0.2) is 0 Å². The van der Waals surface area contributed by atoms with Crippen molar-refractivity contribution in [3.8, 4) is 22.6 Å². The quantitative estimate of drug-likeness (QED) is 0.0357. The summed E-state index contributed by atoms with van der Waals surface area (Å²) in [5.74, 6) is 0.480. The lowest BCUT2D eigenvalue weighted by Gasteiger charge is -2.10. The summed E-state index contributed by atoms with van der Waals surface area (Å²) in [5.41, 5.74) is 2.88. The van der Waals surface area contributed by atoms with E-state index in [9.17, 15) is 14.4 Å². The maximum Gasteiger partial charge on any atom is 0.343 e. The van der Waals surface area contributed by atoms with Gasteiger partial charge >= 0.3 is 17.9 Å². The van der Waals surface area contributed by atoms with Crippen molar-refractivity contribution >= 4 is 17.9 Å². The molecule has 51 heavy (non-hydrogen) atoms. The molecule has 7 heteroatoms. The third-order valence-electron chi connectivity index (χ3n) is 9.02. The average Bonchev–Trinajstić information content (AvgIpc) is 3.16. The number of benzene rings is 3. The summed E-state index contributed by atoms with van der Waals surface area (Å²) in [5, 5.41) is 0. The lowest BCUT2D eigenvalue weighted by atomic mass is 10.0. The number of carbonyl (C=O) groups excluding carboxylic acids is 3. The lowest BCUT2D eigenvalue weighted by Crippen LogP contribution is -2.11. The second-order valence-corrected chi connectivity index (χ2v) is 13.3. The summed E-state index contributed by atoms with van der Waals surface area (Å²) >= 11 is 0. The molecule has 0 amide bonds. The molecule has 3 aromatic carbocycles. The van der Waals surface area contributed by atoms with Gasteiger partial charge in [0.1, 0.15) is 11.5 Å². The fourth-order valence-corrected chi connectivity index (χ4v) is 5.53. The van der Waals surface area contributed by atoms with E-state index in [2.05, 4.69) is 20.4 Å². The molecule has 276 valence electrons. The highest BCUT2D eigenvalue weighted by Gasteiger charge is 2.11. The van der Waals surface area contributed by atoms with Gasteiger partial charge in [-0.2, -0.15) is 0 Å². The standard InChI is InChI=1S/C44H58O7/c1-4-35(3)34-50-43(46)38-22-20-36(21-23-38)37-24-30-41(31-25-37)51-44(47)39-26-28-40(29-27-39)48-32-18-16-14-12-10-8-6-7-9-11-13-15-17-19-33-49-42(45)5-2/h5,20-31,35H,2,4,6-19,32-34H2,1,3H3. The highest BCUT2D eigenvalue weighted by molar-refractivity contribution is 5.91. The number of ether oxygens (including phenoxy) is 4. The van der Waals surface area contributed by atoms with Crippen LogP contribution in [-0.4, -0.2) is 37.7 Å². The van der Waals surface area contributed by atoms with Gasteiger partial charge in [-0.1, -0.05) is 128 Å². The molecule has 0 N–H and O–H groups in total. The minimum atomic E-state index is -0.424. The second-order valence-electron chi connectivity index (χ2n) is 13.3. The molecule has 0 saturated heterocycles. The number of hydrogen-bond donors (Lipinski definition) is 0. The van der Waals surface area contributed by atoms with Gasteiger partial charge in [-0.15, -0.1) is 0 Å². The predicted molar refractivity (Wildman–Crippen MR) is 204 cm³/mol. The van der Waals surface area contributed by atoms with Crippen LogP contribution in [-0.2, 0) is 14.3 Å². The van der Waals surface area contributed by atoms with Gasteiger partial charge in [0.25, 0.3) is 0 Å². The zero-order valence-electron chi connectivity index (χ0n) is 30.9. The number of hydrogen-bond acceptors (Lipinski definition) is 7. The molecule has 0 spiro atoms. The van der Waals surface area contributed by atoms with Crippen molar-refractivity contribution in [3.63, 3.8) is 0 Å². The third-order valence-corrected chi connectivity index (χ3v) is 9.02. The Morgan fingerprint density at radius 2 is 1.00 bits per heavy atom. The van der Waals surface area contributed by atoms with Crippen molar-refractivity contribution in [1.82, 2.24) is 0 Å². The molecular formula is C44H58O7. The van der Waals surface area contributed by atoms with E-state index >= 15 is 0 Å². The fraction of sp³-hybridized carbons (Fsp3) is 0.477. The van der Waals surface area contributed by atoms with Crippen LogP contribution in [0.25, 0.3) is 11.1 Å². The van der Waals surface area contributed by atoms with Crippen molar-refractivity contribution in [3.05, 3.63) is 96.6 Å². The van der Waals surface area contributed by atoms with Crippen LogP contribution in [0.2, 0.25) is 0 Å². The van der Waals surface area contributed by atoms with Crippen LogP contribution in [0.5, 0.6) is 11.5 Å². The van der Waals surface area contributed by atoms with Gasteiger partial charge in [0.05, 0.1) is 30.9 Å². The van der Waals surface area contributed by atoms with Gasteiger partial charge in [-0.3, -0.25) is 0 Å². The molecule has 3 aromatic rings. The SMILES string of the molecule is C=CC(=O)OCCCCCCCCCCCCCCCCOc1ccc(C(=O)Oc2ccc(-c3ccc(C(=O)OCC(C)CC)cc3)cc2)cc1. The van der Waals surface area contributed by atoms with Crippen molar-refractivity contribution < 1.29 is 33.3 Å². The van der Waals surface area contributed by atoms with Crippen LogP contribution in [0.1, 0.15) is 131 Å². The molecule has 0 aliphatic rings. The molecule has 0 aliphatic carbocycles. The Bertz CT molecular complexity index is 1430. The fourth-order valence-electron chi connectivity index (χ4n) is 5.53. The first kappa shape index (κ1) is 41.0. The summed E-state index contributed by atoms with van der Waals surface area (Å²) in [7, 11) is 0. The zero-order chi connectivity index (χ0) is 36.5. The third kappa shape index (κ3) is 16.9. The molecule has 0 heterocycles. The minimum Gasteiger partial charge on any atom is -0.494 e. The first-order valence-corrected chi connectivity index (χ1v) is 19.0. The molecule has 0 bridgehead atoms. The van der Waals surface area contributed by atoms with Gasteiger partial charge in [0, 0.05) is 6.08 Å². The number of unbranched alkanes of at least 4 members (excludes halogenated alkanes) is 13. The maximum atomic E-state index is 12.7. The van der Waals surface area contributed by atoms with Crippen LogP contribution >= 0.6 is 0 Å². The number of carbonyl (C=O) groups is 3. The molecule has 0 fully saturated rings. The van der Waals surface area contributed by atoms with Gasteiger partial charge < -0.3 is 18.9 Å². The Morgan fingerprint density at radius 3 is 1.51 bits per heavy atom. The van der Waals surface area contributed by atoms with Crippen molar-refractivity contribution in [1.29, 1.82) is 0 Å². The van der Waals surface area contributed by atoms with E-state index in [4.69, 9.17) is 18.9 Å². The van der Waals surface area contributed by atoms with Crippen LogP contribution in [0.4, 0.5) is 0 Å². The van der Waals surface area contributed by atoms with Gasteiger partial charge in [0.2, 0.25) is 0 Å². The first-order valence-electron chi connectivity index (χ1n) is 19.0. The Kier molecular flexibility index (Phi) is 19.9. The molecule has 0 radical (unpaired) electrons. The second kappa shape index (κ2) is 24.7. The van der Waals surface area contributed by atoms with E-state index in [1.54, 1.807) is 36.4 Å². The van der Waals surface area contributed by atoms with E-state index in [1.165, 1.54) is 70.3 Å². The number of rotatable bonds is 26. The van der Waals surface area contributed by atoms with Gasteiger partial charge in [-0.05, 0) is 78.4 Å². The van der Waals surface area contributed by atoms with E-state index in [0.717, 1.165) is 49.0 Å². The van der Waals surface area contributed by atoms with E-state index in [1.807, 2.05) is 36.4 Å². The molecule has 1 unspecified atom stereocenters. The maximum absolute atomic E-state index is 12.7. The molecule has 0 saturated carbocycles. The zero-order valence-corrected chi connectivity index (χ0v) is 30.9. The van der Waals surface area contributed by atoms with Crippen LogP contribution in [0.3, 0.4) is 0 Å². The summed E-state index contributed by atoms with van der Waals surface area (Å²) in [6, 6.07) is 21.7. The lowest BCUT2D eigenvalue weighted by molar-refractivity contribution is -0.137. The topological polar surface area (TPSA) is 88.1 Å². The van der Waals surface area contributed by atoms with Gasteiger partial charge in [-0.25, -0.2) is 14.4 Å². The molecule has 0 aliphatic heterocycles. The van der Waals surface area contributed by atoms with Crippen molar-refractivity contribution in [2.75, 3.05) is 19.8 Å². The highest BCUT2D eigenvalue weighted by atomic mass is 16.5. The molecule has 7 nitrogen and oxygen atoms in total. The Morgan fingerprint density at radius 1 is 0.569 bits per heavy atom. The molecule has 3 rings (SSSR count). The monoisotopic (exact) mass is 698 g/mol. The largest absolute Gasteiger partial charge is 0.494 e. The molecule has 0 aromatic heterocycles. The van der Waals surface area contributed by atoms with E-state index < -0.39 is 5.97 Å². The summed E-state index contributed by atoms with van der Waals surface area (Å²) in [6.45, 7) is 9.12. The summed E-state index contributed by atoms with van der Waals surface area (Å²) < 4.78 is 21.9. The van der Waals surface area contributed by atoms with Crippen LogP contribution in [0, 0.1) is 5.92 Å². The van der Waals surface area contributed by atoms with E-state index in [0.29, 0.717) is 42.6 Å². The average molecular weight is 699 g/mol. The normalized spacial score (nSPS) is 11.4. The Balaban J connectivity index is 1.21. The van der Waals surface area contributed by atoms with Crippen LogP contribution < -0.4 is 9.47 Å². The minimum absolute atomic E-state index is 0.314. The Hall–Kier alpha value is -4.39.